The molecular weight excluding hydrogens is 152 g/mol. The monoisotopic (exact) mass is 164 g/mol. The van der Waals surface area contributed by atoms with Crippen LogP contribution >= 0.6 is 0 Å². The molecule has 0 unspecified atom stereocenters. The highest BCUT2D eigenvalue weighted by atomic mass is 16.5. The Morgan fingerprint density at radius 3 is 3.17 bits per heavy atom. The Balaban J connectivity index is 2.68. The summed E-state index contributed by atoms with van der Waals surface area (Å²) < 4.78 is 5.03. The van der Waals surface area contributed by atoms with Crippen molar-refractivity contribution in [1.29, 1.82) is 0 Å². The molecule has 0 amide bonds. The van der Waals surface area contributed by atoms with Crippen LogP contribution in [0.5, 0.6) is 0 Å². The van der Waals surface area contributed by atoms with E-state index < -0.39 is 0 Å². The Bertz CT molecular complexity index is 271. The van der Waals surface area contributed by atoms with Crippen molar-refractivity contribution in [3.63, 3.8) is 0 Å². The van der Waals surface area contributed by atoms with E-state index in [1.54, 1.807) is 18.5 Å². The fourth-order valence-electron chi connectivity index (χ4n) is 0.789. The molecule has 1 aromatic rings. The van der Waals surface area contributed by atoms with E-state index in [4.69, 9.17) is 10.5 Å². The molecule has 0 atom stereocenters. The maximum absolute atomic E-state index is 5.58. The molecule has 64 valence electrons. The molecule has 1 rings (SSSR count). The largest absolute Gasteiger partial charge is 0.501 e. The van der Waals surface area contributed by atoms with Gasteiger partial charge in [-0.05, 0) is 25.1 Å². The van der Waals surface area contributed by atoms with Crippen LogP contribution in [0.25, 0.3) is 6.08 Å². The standard InChI is InChI=1S/C9H12N2O/c1-2-12-7-5-8-4-3-6-11-9(8)10/h3-7H,2H2,1H3,(H2,10,11)/b7-5+. The third-order valence-corrected chi connectivity index (χ3v) is 1.38. The van der Waals surface area contributed by atoms with Crippen molar-refractivity contribution < 1.29 is 4.74 Å². The molecule has 0 bridgehead atoms. The molecule has 0 saturated carbocycles. The van der Waals surface area contributed by atoms with Crippen LogP contribution in [0.3, 0.4) is 0 Å². The number of aromatic nitrogens is 1. The van der Waals surface area contributed by atoms with Gasteiger partial charge in [0.1, 0.15) is 5.82 Å². The van der Waals surface area contributed by atoms with Gasteiger partial charge in [-0.3, -0.25) is 0 Å². The van der Waals surface area contributed by atoms with Crippen LogP contribution in [0, 0.1) is 0 Å². The summed E-state index contributed by atoms with van der Waals surface area (Å²) in [6, 6.07) is 3.72. The summed E-state index contributed by atoms with van der Waals surface area (Å²) in [7, 11) is 0. The molecule has 0 aliphatic heterocycles. The third kappa shape index (κ3) is 2.27. The average molecular weight is 164 g/mol. The molecule has 3 heteroatoms. The van der Waals surface area contributed by atoms with E-state index in [0.717, 1.165) is 5.56 Å². The van der Waals surface area contributed by atoms with Gasteiger partial charge in [0.05, 0.1) is 12.9 Å². The van der Waals surface area contributed by atoms with E-state index in [-0.39, 0.29) is 0 Å². The second-order valence-corrected chi connectivity index (χ2v) is 2.24. The number of nitrogen functional groups attached to an aromatic ring is 1. The average Bonchev–Trinajstić information content (AvgIpc) is 2.09. The fraction of sp³-hybridized carbons (Fsp3) is 0.222. The van der Waals surface area contributed by atoms with E-state index in [0.29, 0.717) is 12.4 Å². The summed E-state index contributed by atoms with van der Waals surface area (Å²) in [5.74, 6) is 0.522. The molecule has 0 spiro atoms. The van der Waals surface area contributed by atoms with E-state index in [1.807, 2.05) is 19.1 Å². The number of nitrogens with two attached hydrogens (primary N) is 1. The van der Waals surface area contributed by atoms with Gasteiger partial charge in [0, 0.05) is 11.8 Å². The molecule has 0 aliphatic rings. The fourth-order valence-corrected chi connectivity index (χ4v) is 0.789. The van der Waals surface area contributed by atoms with Crippen LogP contribution < -0.4 is 5.73 Å². The number of anilines is 1. The van der Waals surface area contributed by atoms with Gasteiger partial charge >= 0.3 is 0 Å². The van der Waals surface area contributed by atoms with Crippen LogP contribution in [-0.4, -0.2) is 11.6 Å². The number of rotatable bonds is 3. The first kappa shape index (κ1) is 8.59. The van der Waals surface area contributed by atoms with Crippen LogP contribution in [-0.2, 0) is 4.74 Å². The molecule has 0 fully saturated rings. The van der Waals surface area contributed by atoms with Gasteiger partial charge in [0.2, 0.25) is 0 Å². The summed E-state index contributed by atoms with van der Waals surface area (Å²) in [6.45, 7) is 2.59. The molecule has 1 aromatic heterocycles. The Hall–Kier alpha value is -1.51. The van der Waals surface area contributed by atoms with E-state index in [9.17, 15) is 0 Å². The SMILES string of the molecule is CCO/C=C/c1cccnc1N. The van der Waals surface area contributed by atoms with Crippen LogP contribution in [0.15, 0.2) is 24.6 Å². The highest BCUT2D eigenvalue weighted by Crippen LogP contribution is 2.08. The van der Waals surface area contributed by atoms with E-state index in [1.165, 1.54) is 0 Å². The molecule has 0 saturated heterocycles. The van der Waals surface area contributed by atoms with Crippen LogP contribution in [0.1, 0.15) is 12.5 Å². The molecule has 0 aromatic carbocycles. The molecule has 3 nitrogen and oxygen atoms in total. The minimum atomic E-state index is 0.522. The van der Waals surface area contributed by atoms with Crippen molar-refractivity contribution in [2.24, 2.45) is 0 Å². The summed E-state index contributed by atoms with van der Waals surface area (Å²) in [4.78, 5) is 3.93. The number of nitrogens with zero attached hydrogens (tertiary/aromatic N) is 1. The number of pyridine rings is 1. The van der Waals surface area contributed by atoms with Crippen molar-refractivity contribution in [1.82, 2.24) is 4.98 Å². The first-order valence-corrected chi connectivity index (χ1v) is 3.83. The van der Waals surface area contributed by atoms with Crippen molar-refractivity contribution in [3.05, 3.63) is 30.2 Å². The van der Waals surface area contributed by atoms with Crippen molar-refractivity contribution in [3.8, 4) is 0 Å². The molecule has 0 aliphatic carbocycles. The Morgan fingerprint density at radius 1 is 1.67 bits per heavy atom. The lowest BCUT2D eigenvalue weighted by atomic mass is 10.2. The smallest absolute Gasteiger partial charge is 0.130 e. The normalized spacial score (nSPS) is 10.4. The lowest BCUT2D eigenvalue weighted by Gasteiger charge is -1.97. The van der Waals surface area contributed by atoms with Gasteiger partial charge in [-0.25, -0.2) is 4.98 Å². The second kappa shape index (κ2) is 4.38. The third-order valence-electron chi connectivity index (χ3n) is 1.38. The minimum Gasteiger partial charge on any atom is -0.501 e. The van der Waals surface area contributed by atoms with Gasteiger partial charge in [0.15, 0.2) is 0 Å². The highest BCUT2D eigenvalue weighted by molar-refractivity contribution is 5.59. The Labute approximate surface area is 71.9 Å². The van der Waals surface area contributed by atoms with E-state index in [2.05, 4.69) is 4.98 Å². The zero-order chi connectivity index (χ0) is 8.81. The number of hydrogen-bond acceptors (Lipinski definition) is 3. The molecular formula is C9H12N2O. The maximum atomic E-state index is 5.58. The molecule has 2 N–H and O–H groups in total. The van der Waals surface area contributed by atoms with Gasteiger partial charge in [-0.2, -0.15) is 0 Å². The summed E-state index contributed by atoms with van der Waals surface area (Å²) in [6.07, 6.45) is 5.08. The lowest BCUT2D eigenvalue weighted by Crippen LogP contribution is -1.91. The van der Waals surface area contributed by atoms with Crippen LogP contribution in [0.2, 0.25) is 0 Å². The first-order chi connectivity index (χ1) is 5.84. The first-order valence-electron chi connectivity index (χ1n) is 3.83. The molecule has 0 radical (unpaired) electrons. The Kier molecular flexibility index (Phi) is 3.14. The lowest BCUT2D eigenvalue weighted by molar-refractivity contribution is 0.272. The van der Waals surface area contributed by atoms with Crippen LogP contribution in [0.4, 0.5) is 5.82 Å². The highest BCUT2D eigenvalue weighted by Gasteiger charge is 1.91. The predicted octanol–water partition coefficient (Wildman–Crippen LogP) is 1.67. The van der Waals surface area contributed by atoms with E-state index >= 15 is 0 Å². The maximum Gasteiger partial charge on any atom is 0.130 e. The van der Waals surface area contributed by atoms with Crippen molar-refractivity contribution in [2.75, 3.05) is 12.3 Å². The van der Waals surface area contributed by atoms with Crippen molar-refractivity contribution >= 4 is 11.9 Å². The minimum absolute atomic E-state index is 0.522. The summed E-state index contributed by atoms with van der Waals surface area (Å²) in [5.41, 5.74) is 6.47. The van der Waals surface area contributed by atoms with Gasteiger partial charge in [0.25, 0.3) is 0 Å². The quantitative estimate of drug-likeness (QED) is 0.691. The summed E-state index contributed by atoms with van der Waals surface area (Å²) >= 11 is 0. The summed E-state index contributed by atoms with van der Waals surface area (Å²) in [5, 5.41) is 0. The zero-order valence-electron chi connectivity index (χ0n) is 7.03. The predicted molar refractivity (Wildman–Crippen MR) is 49.3 cm³/mol. The topological polar surface area (TPSA) is 48.1 Å². The second-order valence-electron chi connectivity index (χ2n) is 2.24. The van der Waals surface area contributed by atoms with Crippen molar-refractivity contribution in [2.45, 2.75) is 6.92 Å². The van der Waals surface area contributed by atoms with Gasteiger partial charge < -0.3 is 10.5 Å². The molecule has 12 heavy (non-hydrogen) atoms. The Morgan fingerprint density at radius 2 is 2.50 bits per heavy atom. The number of hydrogen-bond donors (Lipinski definition) is 1. The van der Waals surface area contributed by atoms with Gasteiger partial charge in [-0.1, -0.05) is 0 Å². The number of ether oxygens (including phenoxy) is 1. The molecule has 1 heterocycles. The zero-order valence-corrected chi connectivity index (χ0v) is 7.03. The van der Waals surface area contributed by atoms with Gasteiger partial charge in [-0.15, -0.1) is 0 Å².